The Labute approximate surface area is 90.1 Å². The number of aromatic carboxylic acids is 1. The van der Waals surface area contributed by atoms with E-state index in [-0.39, 0.29) is 11.5 Å². The first-order chi connectivity index (χ1) is 7.13. The smallest absolute Gasteiger partial charge is 0.371 e. The Morgan fingerprint density at radius 3 is 2.87 bits per heavy atom. The van der Waals surface area contributed by atoms with Gasteiger partial charge in [-0.05, 0) is 12.1 Å². The largest absolute Gasteiger partial charge is 0.475 e. The molecular formula is C9H11FO4S. The SMILES string of the molecule is O=C(O)c1ccc(CSCC(O)CF)o1. The van der Waals surface area contributed by atoms with Crippen molar-refractivity contribution in [1.82, 2.24) is 0 Å². The van der Waals surface area contributed by atoms with Crippen LogP contribution in [-0.4, -0.2) is 34.7 Å². The van der Waals surface area contributed by atoms with Gasteiger partial charge >= 0.3 is 5.97 Å². The predicted molar refractivity (Wildman–Crippen MR) is 53.8 cm³/mol. The minimum absolute atomic E-state index is 0.114. The van der Waals surface area contributed by atoms with Gasteiger partial charge in [-0.3, -0.25) is 0 Å². The molecule has 1 heterocycles. The molecule has 1 aromatic heterocycles. The lowest BCUT2D eigenvalue weighted by Gasteiger charge is -2.03. The van der Waals surface area contributed by atoms with Crippen molar-refractivity contribution >= 4 is 17.7 Å². The van der Waals surface area contributed by atoms with Crippen LogP contribution in [-0.2, 0) is 5.75 Å². The van der Waals surface area contributed by atoms with E-state index in [4.69, 9.17) is 14.6 Å². The number of furan rings is 1. The number of aliphatic hydroxyl groups excluding tert-OH is 1. The van der Waals surface area contributed by atoms with Crippen molar-refractivity contribution in [3.05, 3.63) is 23.7 Å². The average molecular weight is 234 g/mol. The van der Waals surface area contributed by atoms with E-state index in [1.54, 1.807) is 6.07 Å². The first-order valence-electron chi connectivity index (χ1n) is 4.27. The van der Waals surface area contributed by atoms with E-state index < -0.39 is 18.7 Å². The van der Waals surface area contributed by atoms with Crippen LogP contribution >= 0.6 is 11.8 Å². The van der Waals surface area contributed by atoms with Crippen LogP contribution in [0.25, 0.3) is 0 Å². The monoisotopic (exact) mass is 234 g/mol. The molecule has 0 bridgehead atoms. The number of carboxylic acids is 1. The summed E-state index contributed by atoms with van der Waals surface area (Å²) >= 11 is 1.29. The molecule has 6 heteroatoms. The van der Waals surface area contributed by atoms with Gasteiger partial charge in [-0.1, -0.05) is 0 Å². The fraction of sp³-hybridized carbons (Fsp3) is 0.444. The Morgan fingerprint density at radius 2 is 2.33 bits per heavy atom. The topological polar surface area (TPSA) is 70.7 Å². The van der Waals surface area contributed by atoms with E-state index in [0.29, 0.717) is 11.5 Å². The number of aliphatic hydroxyl groups is 1. The molecule has 0 fully saturated rings. The van der Waals surface area contributed by atoms with Crippen LogP contribution in [0, 0.1) is 0 Å². The molecule has 4 nitrogen and oxygen atoms in total. The van der Waals surface area contributed by atoms with Crippen LogP contribution in [0.5, 0.6) is 0 Å². The molecule has 2 N–H and O–H groups in total. The van der Waals surface area contributed by atoms with Crippen LogP contribution in [0.15, 0.2) is 16.5 Å². The Morgan fingerprint density at radius 1 is 1.60 bits per heavy atom. The second-order valence-corrected chi connectivity index (χ2v) is 3.92. The summed E-state index contributed by atoms with van der Waals surface area (Å²) in [5.41, 5.74) is 0. The number of halogens is 1. The molecular weight excluding hydrogens is 223 g/mol. The molecule has 0 saturated heterocycles. The van der Waals surface area contributed by atoms with Gasteiger partial charge < -0.3 is 14.6 Å². The number of carbonyl (C=O) groups is 1. The number of thioether (sulfide) groups is 1. The van der Waals surface area contributed by atoms with Crippen molar-refractivity contribution in [2.24, 2.45) is 0 Å². The van der Waals surface area contributed by atoms with E-state index in [2.05, 4.69) is 0 Å². The zero-order valence-corrected chi connectivity index (χ0v) is 8.67. The van der Waals surface area contributed by atoms with Gasteiger partial charge in [0.1, 0.15) is 12.4 Å². The minimum atomic E-state index is -1.12. The molecule has 0 aliphatic carbocycles. The van der Waals surface area contributed by atoms with Crippen LogP contribution in [0.1, 0.15) is 16.3 Å². The number of alkyl halides is 1. The molecule has 0 aromatic carbocycles. The van der Waals surface area contributed by atoms with Crippen LogP contribution in [0.4, 0.5) is 4.39 Å². The van der Waals surface area contributed by atoms with Crippen LogP contribution in [0.2, 0.25) is 0 Å². The average Bonchev–Trinajstić information content (AvgIpc) is 2.66. The lowest BCUT2D eigenvalue weighted by Crippen LogP contribution is -2.11. The highest BCUT2D eigenvalue weighted by atomic mass is 32.2. The molecule has 84 valence electrons. The maximum absolute atomic E-state index is 11.9. The van der Waals surface area contributed by atoms with Crippen molar-refractivity contribution < 1.29 is 23.8 Å². The van der Waals surface area contributed by atoms with Crippen molar-refractivity contribution in [3.8, 4) is 0 Å². The van der Waals surface area contributed by atoms with Crippen molar-refractivity contribution in [2.45, 2.75) is 11.9 Å². The van der Waals surface area contributed by atoms with Gasteiger partial charge in [-0.15, -0.1) is 0 Å². The standard InChI is InChI=1S/C9H11FO4S/c10-3-6(11)4-15-5-7-1-2-8(14-7)9(12)13/h1-2,6,11H,3-5H2,(H,12,13). The third-order valence-electron chi connectivity index (χ3n) is 1.61. The van der Waals surface area contributed by atoms with Gasteiger partial charge in [0.25, 0.3) is 0 Å². The molecule has 1 aromatic rings. The molecule has 0 amide bonds. The molecule has 0 aliphatic rings. The number of hydrogen-bond acceptors (Lipinski definition) is 4. The maximum atomic E-state index is 11.9. The summed E-state index contributed by atoms with van der Waals surface area (Å²) in [4.78, 5) is 10.5. The summed E-state index contributed by atoms with van der Waals surface area (Å²) < 4.78 is 16.8. The highest BCUT2D eigenvalue weighted by Gasteiger charge is 2.09. The fourth-order valence-electron chi connectivity index (χ4n) is 0.911. The van der Waals surface area contributed by atoms with Crippen molar-refractivity contribution in [2.75, 3.05) is 12.4 Å². The summed E-state index contributed by atoms with van der Waals surface area (Å²) in [5, 5.41) is 17.5. The van der Waals surface area contributed by atoms with Crippen molar-refractivity contribution in [3.63, 3.8) is 0 Å². The maximum Gasteiger partial charge on any atom is 0.371 e. The van der Waals surface area contributed by atoms with Crippen molar-refractivity contribution in [1.29, 1.82) is 0 Å². The van der Waals surface area contributed by atoms with Gasteiger partial charge in [-0.2, -0.15) is 11.8 Å². The van der Waals surface area contributed by atoms with Crippen LogP contribution in [0.3, 0.4) is 0 Å². The van der Waals surface area contributed by atoms with Gasteiger partial charge in [0.2, 0.25) is 5.76 Å². The summed E-state index contributed by atoms with van der Waals surface area (Å²) in [6.07, 6.45) is -0.969. The Bertz CT molecular complexity index is 326. The van der Waals surface area contributed by atoms with E-state index >= 15 is 0 Å². The van der Waals surface area contributed by atoms with Gasteiger partial charge in [0.05, 0.1) is 11.9 Å². The summed E-state index contributed by atoms with van der Waals surface area (Å²) in [6.45, 7) is -0.772. The summed E-state index contributed by atoms with van der Waals surface area (Å²) in [7, 11) is 0. The minimum Gasteiger partial charge on any atom is -0.475 e. The molecule has 0 spiro atoms. The first-order valence-corrected chi connectivity index (χ1v) is 5.42. The number of rotatable bonds is 6. The number of hydrogen-bond donors (Lipinski definition) is 2. The van der Waals surface area contributed by atoms with E-state index in [1.165, 1.54) is 17.8 Å². The Hall–Kier alpha value is -1.01. The normalized spacial score (nSPS) is 12.7. The van der Waals surface area contributed by atoms with Gasteiger partial charge in [0, 0.05) is 5.75 Å². The fourth-order valence-corrected chi connectivity index (χ4v) is 1.75. The second-order valence-electron chi connectivity index (χ2n) is 2.89. The third kappa shape index (κ3) is 3.93. The van der Waals surface area contributed by atoms with E-state index in [0.717, 1.165) is 0 Å². The highest BCUT2D eigenvalue weighted by molar-refractivity contribution is 7.98. The molecule has 1 atom stereocenters. The van der Waals surface area contributed by atoms with E-state index in [9.17, 15) is 9.18 Å². The second kappa shape index (κ2) is 5.77. The predicted octanol–water partition coefficient (Wildman–Crippen LogP) is 1.54. The molecule has 15 heavy (non-hydrogen) atoms. The van der Waals surface area contributed by atoms with E-state index in [1.807, 2.05) is 0 Å². The van der Waals surface area contributed by atoms with Gasteiger partial charge in [-0.25, -0.2) is 9.18 Å². The molecule has 0 radical (unpaired) electrons. The molecule has 0 saturated carbocycles. The lowest BCUT2D eigenvalue weighted by molar-refractivity contribution is 0.0661. The summed E-state index contributed by atoms with van der Waals surface area (Å²) in [6, 6.07) is 2.92. The quantitative estimate of drug-likeness (QED) is 0.781. The van der Waals surface area contributed by atoms with Gasteiger partial charge in [0.15, 0.2) is 0 Å². The third-order valence-corrected chi connectivity index (χ3v) is 2.71. The lowest BCUT2D eigenvalue weighted by atomic mass is 10.4. The molecule has 1 unspecified atom stereocenters. The zero-order valence-electron chi connectivity index (χ0n) is 7.85. The van der Waals surface area contributed by atoms with Crippen LogP contribution < -0.4 is 0 Å². The zero-order chi connectivity index (χ0) is 11.3. The highest BCUT2D eigenvalue weighted by Crippen LogP contribution is 2.16. The Kier molecular flexibility index (Phi) is 4.64. The summed E-state index contributed by atoms with van der Waals surface area (Å²) in [5.74, 6) is -0.0423. The first kappa shape index (κ1) is 12.1. The molecule has 0 aliphatic heterocycles. The Balaban J connectivity index is 2.35. The molecule has 1 rings (SSSR count). The number of carboxylic acid groups (broad SMARTS) is 1.